The molecule has 0 radical (unpaired) electrons. The van der Waals surface area contributed by atoms with Crippen LogP contribution < -0.4 is 10.6 Å². The largest absolute Gasteiger partial charge is 0.418 e. The SMILES string of the molecule is O=C(Nc1ccc(Cl)cc1C(F)(F)F)c1ccc(NCC2CCCO2)cn1. The van der Waals surface area contributed by atoms with Gasteiger partial charge in [0.1, 0.15) is 5.69 Å². The molecule has 9 heteroatoms. The molecule has 2 aromatic rings. The van der Waals surface area contributed by atoms with Crippen molar-refractivity contribution in [1.29, 1.82) is 0 Å². The molecule has 144 valence electrons. The Morgan fingerprint density at radius 1 is 1.30 bits per heavy atom. The third-order valence-corrected chi connectivity index (χ3v) is 4.32. The van der Waals surface area contributed by atoms with Crippen LogP contribution in [0.4, 0.5) is 24.5 Å². The van der Waals surface area contributed by atoms with Gasteiger partial charge in [0.15, 0.2) is 0 Å². The number of amides is 1. The number of carbonyl (C=O) groups is 1. The number of hydrogen-bond acceptors (Lipinski definition) is 4. The number of pyridine rings is 1. The minimum Gasteiger partial charge on any atom is -0.381 e. The summed E-state index contributed by atoms with van der Waals surface area (Å²) in [6.45, 7) is 1.39. The van der Waals surface area contributed by atoms with Crippen LogP contribution in [0.1, 0.15) is 28.9 Å². The molecular formula is C18H17ClF3N3O2. The number of halogens is 4. The molecule has 1 aliphatic heterocycles. The Kier molecular flexibility index (Phi) is 5.86. The van der Waals surface area contributed by atoms with Crippen molar-refractivity contribution in [2.45, 2.75) is 25.1 Å². The number of nitrogens with one attached hydrogen (secondary N) is 2. The summed E-state index contributed by atoms with van der Waals surface area (Å²) in [5.74, 6) is -0.742. The third-order valence-electron chi connectivity index (χ3n) is 4.09. The molecule has 1 unspecified atom stereocenters. The first-order valence-electron chi connectivity index (χ1n) is 8.32. The van der Waals surface area contributed by atoms with Gasteiger partial charge in [0.25, 0.3) is 5.91 Å². The van der Waals surface area contributed by atoms with Gasteiger partial charge >= 0.3 is 6.18 Å². The molecule has 1 aliphatic rings. The average Bonchev–Trinajstić information content (AvgIpc) is 3.14. The fraction of sp³-hybridized carbons (Fsp3) is 0.333. The summed E-state index contributed by atoms with van der Waals surface area (Å²) in [7, 11) is 0. The van der Waals surface area contributed by atoms with Crippen LogP contribution in [0.3, 0.4) is 0 Å². The van der Waals surface area contributed by atoms with Gasteiger partial charge in [-0.1, -0.05) is 11.6 Å². The summed E-state index contributed by atoms with van der Waals surface area (Å²) in [6, 6.07) is 6.24. The normalized spacial score (nSPS) is 17.0. The molecule has 1 aromatic heterocycles. The van der Waals surface area contributed by atoms with Crippen molar-refractivity contribution in [3.05, 3.63) is 52.8 Å². The van der Waals surface area contributed by atoms with E-state index in [1.807, 2.05) is 0 Å². The first-order valence-corrected chi connectivity index (χ1v) is 8.70. The second kappa shape index (κ2) is 8.14. The smallest absolute Gasteiger partial charge is 0.381 e. The fourth-order valence-corrected chi connectivity index (χ4v) is 2.89. The number of aromatic nitrogens is 1. The summed E-state index contributed by atoms with van der Waals surface area (Å²) in [4.78, 5) is 16.2. The van der Waals surface area contributed by atoms with Gasteiger partial charge in [0, 0.05) is 18.2 Å². The molecule has 0 saturated carbocycles. The van der Waals surface area contributed by atoms with E-state index < -0.39 is 17.6 Å². The Labute approximate surface area is 158 Å². The second-order valence-electron chi connectivity index (χ2n) is 6.09. The molecular weight excluding hydrogens is 383 g/mol. The molecule has 3 rings (SSSR count). The lowest BCUT2D eigenvalue weighted by Crippen LogP contribution is -2.19. The molecule has 1 aromatic carbocycles. The summed E-state index contributed by atoms with van der Waals surface area (Å²) in [5.41, 5.74) is -0.692. The van der Waals surface area contributed by atoms with Gasteiger partial charge < -0.3 is 15.4 Å². The molecule has 5 nitrogen and oxygen atoms in total. The van der Waals surface area contributed by atoms with Gasteiger partial charge in [-0.05, 0) is 43.2 Å². The van der Waals surface area contributed by atoms with Crippen LogP contribution in [-0.4, -0.2) is 30.1 Å². The van der Waals surface area contributed by atoms with Gasteiger partial charge in [-0.2, -0.15) is 13.2 Å². The minimum absolute atomic E-state index is 0.000686. The predicted octanol–water partition coefficient (Wildman–Crippen LogP) is 4.60. The van der Waals surface area contributed by atoms with Crippen LogP contribution in [0, 0.1) is 0 Å². The Bertz CT molecular complexity index is 806. The highest BCUT2D eigenvalue weighted by Gasteiger charge is 2.34. The Balaban J connectivity index is 1.66. The second-order valence-corrected chi connectivity index (χ2v) is 6.53. The zero-order valence-corrected chi connectivity index (χ0v) is 14.9. The van der Waals surface area contributed by atoms with E-state index in [1.165, 1.54) is 18.3 Å². The minimum atomic E-state index is -4.64. The maximum absolute atomic E-state index is 13.1. The highest BCUT2D eigenvalue weighted by atomic mass is 35.5. The molecule has 1 amide bonds. The fourth-order valence-electron chi connectivity index (χ4n) is 2.72. The summed E-state index contributed by atoms with van der Waals surface area (Å²) < 4.78 is 44.8. The Hall–Kier alpha value is -2.32. The number of anilines is 2. The Morgan fingerprint density at radius 2 is 2.11 bits per heavy atom. The molecule has 27 heavy (non-hydrogen) atoms. The highest BCUT2D eigenvalue weighted by Crippen LogP contribution is 2.36. The highest BCUT2D eigenvalue weighted by molar-refractivity contribution is 6.30. The summed E-state index contributed by atoms with van der Waals surface area (Å²) in [5, 5.41) is 5.32. The maximum Gasteiger partial charge on any atom is 0.418 e. The molecule has 1 atom stereocenters. The number of alkyl halides is 3. The quantitative estimate of drug-likeness (QED) is 0.771. The van der Waals surface area contributed by atoms with Gasteiger partial charge in [-0.25, -0.2) is 4.98 Å². The van der Waals surface area contributed by atoms with E-state index in [0.717, 1.165) is 31.6 Å². The van der Waals surface area contributed by atoms with Crippen molar-refractivity contribution in [3.8, 4) is 0 Å². The monoisotopic (exact) mass is 399 g/mol. The number of nitrogens with zero attached hydrogens (tertiary/aromatic N) is 1. The van der Waals surface area contributed by atoms with Crippen molar-refractivity contribution in [3.63, 3.8) is 0 Å². The van der Waals surface area contributed by atoms with E-state index in [2.05, 4.69) is 15.6 Å². The number of rotatable bonds is 5. The van der Waals surface area contributed by atoms with E-state index in [-0.39, 0.29) is 22.5 Å². The zero-order valence-electron chi connectivity index (χ0n) is 14.1. The average molecular weight is 400 g/mol. The summed E-state index contributed by atoms with van der Waals surface area (Å²) in [6.07, 6.45) is -1.01. The van der Waals surface area contributed by atoms with Gasteiger partial charge in [-0.3, -0.25) is 4.79 Å². The number of carbonyl (C=O) groups excluding carboxylic acids is 1. The van der Waals surface area contributed by atoms with Crippen LogP contribution in [-0.2, 0) is 10.9 Å². The van der Waals surface area contributed by atoms with E-state index >= 15 is 0 Å². The van der Waals surface area contributed by atoms with E-state index in [1.54, 1.807) is 6.07 Å². The molecule has 0 aliphatic carbocycles. The van der Waals surface area contributed by atoms with Gasteiger partial charge in [0.2, 0.25) is 0 Å². The number of ether oxygens (including phenoxy) is 1. The van der Waals surface area contributed by atoms with Crippen LogP contribution in [0.15, 0.2) is 36.5 Å². The van der Waals surface area contributed by atoms with Crippen LogP contribution in [0.2, 0.25) is 5.02 Å². The van der Waals surface area contributed by atoms with Crippen molar-refractivity contribution in [2.24, 2.45) is 0 Å². The van der Waals surface area contributed by atoms with Crippen LogP contribution >= 0.6 is 11.6 Å². The predicted molar refractivity (Wildman–Crippen MR) is 96.1 cm³/mol. The topological polar surface area (TPSA) is 63.2 Å². The number of benzene rings is 1. The van der Waals surface area contributed by atoms with E-state index in [9.17, 15) is 18.0 Å². The Morgan fingerprint density at radius 3 is 2.74 bits per heavy atom. The van der Waals surface area contributed by atoms with Crippen molar-refractivity contribution < 1.29 is 22.7 Å². The lowest BCUT2D eigenvalue weighted by atomic mass is 10.1. The van der Waals surface area contributed by atoms with Gasteiger partial charge in [0.05, 0.1) is 29.2 Å². The molecule has 0 bridgehead atoms. The zero-order chi connectivity index (χ0) is 19.4. The molecule has 2 N–H and O–H groups in total. The third kappa shape index (κ3) is 5.11. The molecule has 1 saturated heterocycles. The first kappa shape index (κ1) is 19.4. The van der Waals surface area contributed by atoms with Gasteiger partial charge in [-0.15, -0.1) is 0 Å². The lowest BCUT2D eigenvalue weighted by molar-refractivity contribution is -0.136. The number of hydrogen-bond donors (Lipinski definition) is 2. The molecule has 0 spiro atoms. The van der Waals surface area contributed by atoms with Crippen molar-refractivity contribution >= 4 is 28.9 Å². The van der Waals surface area contributed by atoms with Crippen molar-refractivity contribution in [2.75, 3.05) is 23.8 Å². The first-order chi connectivity index (χ1) is 12.8. The summed E-state index contributed by atoms with van der Waals surface area (Å²) >= 11 is 5.63. The van der Waals surface area contributed by atoms with Crippen molar-refractivity contribution in [1.82, 2.24) is 4.98 Å². The van der Waals surface area contributed by atoms with Crippen LogP contribution in [0.5, 0.6) is 0 Å². The maximum atomic E-state index is 13.1. The standard InChI is InChI=1S/C18H17ClF3N3O2/c19-11-3-5-15(14(8-11)18(20,21)22)25-17(26)16-6-4-12(9-24-16)23-10-13-2-1-7-27-13/h3-6,8-9,13,23H,1-2,7,10H2,(H,25,26). The lowest BCUT2D eigenvalue weighted by Gasteiger charge is -2.14. The molecule has 1 fully saturated rings. The molecule has 2 heterocycles. The van der Waals surface area contributed by atoms with Crippen LogP contribution in [0.25, 0.3) is 0 Å². The van der Waals surface area contributed by atoms with E-state index in [0.29, 0.717) is 12.2 Å². The van der Waals surface area contributed by atoms with E-state index in [4.69, 9.17) is 16.3 Å².